The van der Waals surface area contributed by atoms with Crippen molar-refractivity contribution in [1.29, 1.82) is 0 Å². The molecule has 27 heavy (non-hydrogen) atoms. The monoisotopic (exact) mass is 382 g/mol. The Labute approximate surface area is 150 Å². The van der Waals surface area contributed by atoms with E-state index in [1.54, 1.807) is 13.0 Å². The number of fused-ring (bicyclic) bond motifs is 1. The van der Waals surface area contributed by atoms with Crippen LogP contribution in [0.2, 0.25) is 0 Å². The molecule has 1 N–H and O–H groups in total. The van der Waals surface area contributed by atoms with Crippen molar-refractivity contribution in [3.8, 4) is 5.82 Å². The van der Waals surface area contributed by atoms with Gasteiger partial charge in [-0.25, -0.2) is 14.2 Å². The highest BCUT2D eigenvalue weighted by Gasteiger charge is 2.49. The summed E-state index contributed by atoms with van der Waals surface area (Å²) in [5.74, 6) is -2.01. The van der Waals surface area contributed by atoms with E-state index >= 15 is 0 Å². The van der Waals surface area contributed by atoms with E-state index in [0.29, 0.717) is 18.5 Å². The number of amides is 1. The van der Waals surface area contributed by atoms with Crippen LogP contribution in [0.4, 0.5) is 17.6 Å². The molecule has 1 amide bonds. The van der Waals surface area contributed by atoms with Gasteiger partial charge >= 0.3 is 6.18 Å². The Bertz CT molecular complexity index is 1020. The zero-order chi connectivity index (χ0) is 19.3. The lowest BCUT2D eigenvalue weighted by atomic mass is 10.1. The first-order chi connectivity index (χ1) is 12.7. The number of rotatable bonds is 4. The summed E-state index contributed by atoms with van der Waals surface area (Å²) in [6.45, 7) is 1.68. The van der Waals surface area contributed by atoms with Gasteiger partial charge in [-0.3, -0.25) is 4.79 Å². The van der Waals surface area contributed by atoms with Crippen LogP contribution in [0.1, 0.15) is 28.9 Å². The van der Waals surface area contributed by atoms with Crippen molar-refractivity contribution in [2.75, 3.05) is 0 Å². The molecule has 1 aliphatic carbocycles. The first-order valence-electron chi connectivity index (χ1n) is 8.18. The van der Waals surface area contributed by atoms with Gasteiger partial charge in [0, 0.05) is 24.0 Å². The summed E-state index contributed by atoms with van der Waals surface area (Å²) in [6.07, 6.45) is -1.17. The zero-order valence-electron chi connectivity index (χ0n) is 14.0. The third kappa shape index (κ3) is 3.24. The molecular weight excluding hydrogens is 368 g/mol. The molecule has 3 aromatic heterocycles. The second-order valence-corrected chi connectivity index (χ2v) is 6.46. The molecule has 11 heteroatoms. The molecule has 3 aromatic rings. The average Bonchev–Trinajstić information content (AvgIpc) is 3.17. The van der Waals surface area contributed by atoms with E-state index < -0.39 is 30.0 Å². The van der Waals surface area contributed by atoms with Gasteiger partial charge in [-0.15, -0.1) is 5.10 Å². The Morgan fingerprint density at radius 2 is 2.11 bits per heavy atom. The fourth-order valence-corrected chi connectivity index (χ4v) is 2.92. The Hall–Kier alpha value is -2.98. The van der Waals surface area contributed by atoms with Crippen molar-refractivity contribution >= 4 is 11.6 Å². The molecule has 4 rings (SSSR count). The minimum absolute atomic E-state index is 0.0649. The van der Waals surface area contributed by atoms with Crippen molar-refractivity contribution < 1.29 is 22.4 Å². The van der Waals surface area contributed by atoms with Gasteiger partial charge < -0.3 is 5.32 Å². The Kier molecular flexibility index (Phi) is 3.89. The molecule has 0 spiro atoms. The minimum atomic E-state index is -4.53. The molecule has 0 bridgehead atoms. The maximum absolute atomic E-state index is 13.2. The molecule has 0 radical (unpaired) electrons. The van der Waals surface area contributed by atoms with Gasteiger partial charge in [0.05, 0.1) is 6.20 Å². The number of nitrogens with one attached hydrogen (secondary N) is 1. The maximum Gasteiger partial charge on any atom is 0.408 e. The van der Waals surface area contributed by atoms with E-state index in [1.165, 1.54) is 21.6 Å². The second kappa shape index (κ2) is 6.03. The van der Waals surface area contributed by atoms with Crippen LogP contribution in [0.3, 0.4) is 0 Å². The van der Waals surface area contributed by atoms with Gasteiger partial charge in [-0.2, -0.15) is 22.7 Å². The maximum atomic E-state index is 13.2. The van der Waals surface area contributed by atoms with Gasteiger partial charge in [0.2, 0.25) is 5.95 Å². The molecule has 1 unspecified atom stereocenters. The average molecular weight is 382 g/mol. The summed E-state index contributed by atoms with van der Waals surface area (Å²) in [6, 6.07) is 0.801. The van der Waals surface area contributed by atoms with Gasteiger partial charge in [0.1, 0.15) is 11.6 Å². The first kappa shape index (κ1) is 17.4. The molecule has 0 aliphatic heterocycles. The second-order valence-electron chi connectivity index (χ2n) is 6.46. The summed E-state index contributed by atoms with van der Waals surface area (Å²) in [5.41, 5.74) is 0.525. The number of halogens is 4. The molecule has 0 aromatic carbocycles. The van der Waals surface area contributed by atoms with E-state index in [-0.39, 0.29) is 17.0 Å². The number of carbonyl (C=O) groups is 1. The highest BCUT2D eigenvalue weighted by molar-refractivity contribution is 6.00. The predicted octanol–water partition coefficient (Wildman–Crippen LogP) is 2.43. The summed E-state index contributed by atoms with van der Waals surface area (Å²) >= 11 is 0. The van der Waals surface area contributed by atoms with E-state index in [4.69, 9.17) is 0 Å². The molecule has 1 fully saturated rings. The molecular formula is C16H14F4N6O. The molecule has 3 heterocycles. The highest BCUT2D eigenvalue weighted by atomic mass is 19.4. The molecule has 1 atom stereocenters. The SMILES string of the molecule is Cc1cc(-n2ccc(F)n2)nc2c(C(=O)NC(C3CC3)C(F)(F)F)cnn12. The van der Waals surface area contributed by atoms with Crippen LogP contribution in [0, 0.1) is 18.8 Å². The number of aromatic nitrogens is 5. The number of carbonyl (C=O) groups excluding carboxylic acids is 1. The zero-order valence-corrected chi connectivity index (χ0v) is 14.0. The van der Waals surface area contributed by atoms with Crippen LogP contribution in [-0.2, 0) is 0 Å². The van der Waals surface area contributed by atoms with E-state index in [0.717, 1.165) is 6.07 Å². The Morgan fingerprint density at radius 3 is 2.70 bits per heavy atom. The van der Waals surface area contributed by atoms with Gasteiger partial charge in [-0.05, 0) is 25.7 Å². The number of nitrogens with zero attached hydrogens (tertiary/aromatic N) is 5. The minimum Gasteiger partial charge on any atom is -0.340 e. The Morgan fingerprint density at radius 1 is 1.37 bits per heavy atom. The van der Waals surface area contributed by atoms with Crippen molar-refractivity contribution in [2.24, 2.45) is 5.92 Å². The van der Waals surface area contributed by atoms with Gasteiger partial charge in [0.15, 0.2) is 11.5 Å². The molecule has 1 aliphatic rings. The largest absolute Gasteiger partial charge is 0.408 e. The third-order valence-electron chi connectivity index (χ3n) is 4.40. The van der Waals surface area contributed by atoms with E-state index in [2.05, 4.69) is 20.5 Å². The topological polar surface area (TPSA) is 77.1 Å². The fourth-order valence-electron chi connectivity index (χ4n) is 2.92. The van der Waals surface area contributed by atoms with E-state index in [9.17, 15) is 22.4 Å². The quantitative estimate of drug-likeness (QED) is 0.703. The van der Waals surface area contributed by atoms with Crippen LogP contribution in [-0.4, -0.2) is 42.5 Å². The summed E-state index contributed by atoms with van der Waals surface area (Å²) in [7, 11) is 0. The summed E-state index contributed by atoms with van der Waals surface area (Å²) < 4.78 is 55.2. The lowest BCUT2D eigenvalue weighted by Gasteiger charge is -2.20. The standard InChI is InChI=1S/C16H14F4N6O/c1-8-6-12(25-5-4-11(17)24-25)22-14-10(7-21-26(8)14)15(27)23-13(9-2-3-9)16(18,19)20/h4-7,9,13H,2-3H2,1H3,(H,23,27). The number of hydrogen-bond donors (Lipinski definition) is 1. The molecule has 142 valence electrons. The lowest BCUT2D eigenvalue weighted by Crippen LogP contribution is -2.46. The Balaban J connectivity index is 1.71. The molecule has 1 saturated carbocycles. The fraction of sp³-hybridized carbons (Fsp3) is 0.375. The number of aryl methyl sites for hydroxylation is 1. The summed E-state index contributed by atoms with van der Waals surface area (Å²) in [4.78, 5) is 16.7. The van der Waals surface area contributed by atoms with Crippen molar-refractivity contribution in [1.82, 2.24) is 29.7 Å². The third-order valence-corrected chi connectivity index (χ3v) is 4.40. The van der Waals surface area contributed by atoms with Gasteiger partial charge in [-0.1, -0.05) is 0 Å². The number of alkyl halides is 3. The van der Waals surface area contributed by atoms with Gasteiger partial charge in [0.25, 0.3) is 5.91 Å². The predicted molar refractivity (Wildman–Crippen MR) is 84.8 cm³/mol. The first-order valence-corrected chi connectivity index (χ1v) is 8.18. The van der Waals surface area contributed by atoms with Crippen molar-refractivity contribution in [2.45, 2.75) is 32.0 Å². The molecule has 7 nitrogen and oxygen atoms in total. The highest BCUT2D eigenvalue weighted by Crippen LogP contribution is 2.40. The summed E-state index contributed by atoms with van der Waals surface area (Å²) in [5, 5.41) is 9.68. The van der Waals surface area contributed by atoms with Crippen LogP contribution in [0.15, 0.2) is 24.5 Å². The van der Waals surface area contributed by atoms with Crippen LogP contribution < -0.4 is 5.32 Å². The van der Waals surface area contributed by atoms with Crippen LogP contribution in [0.25, 0.3) is 11.5 Å². The lowest BCUT2D eigenvalue weighted by molar-refractivity contribution is -0.158. The number of hydrogen-bond acceptors (Lipinski definition) is 4. The van der Waals surface area contributed by atoms with Crippen LogP contribution in [0.5, 0.6) is 0 Å². The van der Waals surface area contributed by atoms with Crippen molar-refractivity contribution in [3.05, 3.63) is 41.7 Å². The van der Waals surface area contributed by atoms with E-state index in [1.807, 2.05) is 0 Å². The van der Waals surface area contributed by atoms with Crippen molar-refractivity contribution in [3.63, 3.8) is 0 Å². The molecule has 0 saturated heterocycles. The normalized spacial score (nSPS) is 15.9. The van der Waals surface area contributed by atoms with Crippen LogP contribution >= 0.6 is 0 Å². The smallest absolute Gasteiger partial charge is 0.340 e.